The van der Waals surface area contributed by atoms with Gasteiger partial charge >= 0.3 is 0 Å². The Kier molecular flexibility index (Phi) is 3.19. The van der Waals surface area contributed by atoms with Crippen molar-refractivity contribution < 1.29 is 9.72 Å². The average molecular weight is 256 g/mol. The molecule has 0 N–H and O–H groups in total. The third-order valence-corrected chi connectivity index (χ3v) is 2.57. The molecule has 4 nitrogen and oxygen atoms in total. The van der Waals surface area contributed by atoms with Crippen LogP contribution in [-0.4, -0.2) is 20.5 Å². The number of alkyl halides is 2. The van der Waals surface area contributed by atoms with Gasteiger partial charge in [0.1, 0.15) is 0 Å². The molecule has 0 fully saturated rings. The summed E-state index contributed by atoms with van der Waals surface area (Å²) in [5.74, 6) is 0. The lowest BCUT2D eigenvalue weighted by Crippen LogP contribution is -2.41. The number of carbonyl (C=O) groups is 1. The lowest BCUT2D eigenvalue weighted by Gasteiger charge is -2.22. The highest BCUT2D eigenvalue weighted by molar-refractivity contribution is 6.68. The summed E-state index contributed by atoms with van der Waals surface area (Å²) in [6.45, 7) is 0. The Balaban J connectivity index is 3.17. The van der Waals surface area contributed by atoms with E-state index in [-0.39, 0.29) is 5.57 Å². The number of allylic oxidation sites excluding steroid dienone is 2. The third kappa shape index (κ3) is 2.08. The van der Waals surface area contributed by atoms with Crippen LogP contribution in [0.15, 0.2) is 23.8 Å². The van der Waals surface area contributed by atoms with E-state index in [4.69, 9.17) is 34.8 Å². The van der Waals surface area contributed by atoms with Crippen molar-refractivity contribution in [2.75, 3.05) is 0 Å². The van der Waals surface area contributed by atoms with Crippen molar-refractivity contribution >= 4 is 40.0 Å². The fraction of sp³-hybridized carbons (Fsp3) is 0.286. The maximum atomic E-state index is 10.8. The first-order valence-corrected chi connectivity index (χ1v) is 4.60. The van der Waals surface area contributed by atoms with Crippen molar-refractivity contribution in [1.82, 2.24) is 0 Å². The van der Waals surface area contributed by atoms with Gasteiger partial charge in [0.05, 0.1) is 5.57 Å². The number of rotatable bonds is 2. The molecule has 0 aromatic carbocycles. The molecule has 0 aromatic heterocycles. The van der Waals surface area contributed by atoms with Gasteiger partial charge in [-0.15, -0.1) is 0 Å². The second-order valence-electron chi connectivity index (χ2n) is 2.62. The molecule has 0 bridgehead atoms. The Morgan fingerprint density at radius 1 is 1.57 bits per heavy atom. The number of halogens is 3. The van der Waals surface area contributed by atoms with Crippen LogP contribution in [-0.2, 0) is 4.79 Å². The van der Waals surface area contributed by atoms with E-state index in [1.54, 1.807) is 0 Å². The van der Waals surface area contributed by atoms with Crippen LogP contribution >= 0.6 is 34.8 Å². The lowest BCUT2D eigenvalue weighted by molar-refractivity contribution is -0.511. The van der Waals surface area contributed by atoms with Gasteiger partial charge in [-0.25, -0.2) is 0 Å². The smallest absolute Gasteiger partial charge is 0.276 e. The molecule has 1 aliphatic carbocycles. The molecule has 0 spiro atoms. The molecule has 1 rings (SSSR count). The zero-order valence-corrected chi connectivity index (χ0v) is 8.88. The Hall–Kier alpha value is -0.580. The van der Waals surface area contributed by atoms with Crippen molar-refractivity contribution in [3.05, 3.63) is 33.9 Å². The number of nitro groups is 1. The highest BCUT2D eigenvalue weighted by atomic mass is 35.5. The fourth-order valence-corrected chi connectivity index (χ4v) is 1.80. The average Bonchev–Trinajstić information content (AvgIpc) is 2.00. The molecule has 14 heavy (non-hydrogen) atoms. The predicted octanol–water partition coefficient (Wildman–Crippen LogP) is 2.07. The summed E-state index contributed by atoms with van der Waals surface area (Å²) in [5.41, 5.74) is -0.218. The van der Waals surface area contributed by atoms with Gasteiger partial charge < -0.3 is 0 Å². The van der Waals surface area contributed by atoms with Gasteiger partial charge in [-0.05, 0) is 23.8 Å². The van der Waals surface area contributed by atoms with Gasteiger partial charge in [-0.1, -0.05) is 29.3 Å². The van der Waals surface area contributed by atoms with E-state index in [0.717, 1.165) is 0 Å². The molecule has 0 aromatic rings. The van der Waals surface area contributed by atoms with E-state index in [9.17, 15) is 14.9 Å². The molecule has 0 radical (unpaired) electrons. The van der Waals surface area contributed by atoms with Gasteiger partial charge in [0.2, 0.25) is 4.33 Å². The van der Waals surface area contributed by atoms with Crippen molar-refractivity contribution in [2.24, 2.45) is 0 Å². The Bertz CT molecular complexity index is 348. The summed E-state index contributed by atoms with van der Waals surface area (Å²) in [6, 6.07) is -1.53. The normalized spacial score (nSPS) is 24.2. The SMILES string of the molecule is O=C(Cl)C1=CC=CC(Cl)(Cl)C1[N+](=O)[O-]. The summed E-state index contributed by atoms with van der Waals surface area (Å²) in [5, 5.41) is 9.71. The zero-order valence-electron chi connectivity index (χ0n) is 6.62. The quantitative estimate of drug-likeness (QED) is 0.329. The zero-order chi connectivity index (χ0) is 10.9. The van der Waals surface area contributed by atoms with Gasteiger partial charge in [-0.3, -0.25) is 14.9 Å². The lowest BCUT2D eigenvalue weighted by atomic mass is 9.99. The summed E-state index contributed by atoms with van der Waals surface area (Å²) in [7, 11) is 0. The van der Waals surface area contributed by atoms with Gasteiger partial charge in [0.15, 0.2) is 0 Å². The molecule has 0 amide bonds. The van der Waals surface area contributed by atoms with Crippen molar-refractivity contribution in [3.8, 4) is 0 Å². The Labute approximate surface area is 94.3 Å². The van der Waals surface area contributed by atoms with Gasteiger partial charge in [0, 0.05) is 4.92 Å². The molecule has 0 saturated heterocycles. The summed E-state index contributed by atoms with van der Waals surface area (Å²) in [6.07, 6.45) is 3.81. The van der Waals surface area contributed by atoms with Crippen LogP contribution < -0.4 is 0 Å². The largest absolute Gasteiger partial charge is 0.278 e. The molecule has 1 aliphatic rings. The minimum Gasteiger partial charge on any atom is -0.276 e. The first-order valence-electron chi connectivity index (χ1n) is 3.47. The van der Waals surface area contributed by atoms with Crippen LogP contribution in [0.25, 0.3) is 0 Å². The predicted molar refractivity (Wildman–Crippen MR) is 53.3 cm³/mol. The second-order valence-corrected chi connectivity index (χ2v) is 4.40. The van der Waals surface area contributed by atoms with Crippen molar-refractivity contribution in [3.63, 3.8) is 0 Å². The molecule has 76 valence electrons. The van der Waals surface area contributed by atoms with E-state index in [1.807, 2.05) is 0 Å². The van der Waals surface area contributed by atoms with E-state index >= 15 is 0 Å². The first-order chi connectivity index (χ1) is 6.36. The number of hydrogen-bond acceptors (Lipinski definition) is 3. The van der Waals surface area contributed by atoms with Crippen LogP contribution in [0.1, 0.15) is 0 Å². The van der Waals surface area contributed by atoms with Crippen LogP contribution in [0.3, 0.4) is 0 Å². The Morgan fingerprint density at radius 3 is 2.50 bits per heavy atom. The minimum absolute atomic E-state index is 0.218. The monoisotopic (exact) mass is 255 g/mol. The topological polar surface area (TPSA) is 60.2 Å². The molecule has 7 heteroatoms. The molecular weight excluding hydrogens is 252 g/mol. The Morgan fingerprint density at radius 2 is 2.14 bits per heavy atom. The number of nitrogens with zero attached hydrogens (tertiary/aromatic N) is 1. The molecule has 1 unspecified atom stereocenters. The second kappa shape index (κ2) is 3.88. The fourth-order valence-electron chi connectivity index (χ4n) is 1.10. The molecule has 1 atom stereocenters. The third-order valence-electron chi connectivity index (χ3n) is 1.69. The summed E-state index contributed by atoms with van der Waals surface area (Å²) < 4.78 is -1.74. The summed E-state index contributed by atoms with van der Waals surface area (Å²) in [4.78, 5) is 20.7. The molecule has 0 saturated carbocycles. The number of hydrogen-bond donors (Lipinski definition) is 0. The maximum absolute atomic E-state index is 10.8. The molecule has 0 heterocycles. The van der Waals surface area contributed by atoms with E-state index < -0.39 is 20.5 Å². The highest BCUT2D eigenvalue weighted by Gasteiger charge is 2.48. The van der Waals surface area contributed by atoms with Crippen molar-refractivity contribution in [2.45, 2.75) is 10.4 Å². The molecule has 0 aliphatic heterocycles. The van der Waals surface area contributed by atoms with E-state index in [2.05, 4.69) is 0 Å². The number of carbonyl (C=O) groups excluding carboxylic acids is 1. The van der Waals surface area contributed by atoms with E-state index in [1.165, 1.54) is 18.2 Å². The maximum Gasteiger partial charge on any atom is 0.278 e. The summed E-state index contributed by atoms with van der Waals surface area (Å²) >= 11 is 16.5. The minimum atomic E-state index is -1.74. The van der Waals surface area contributed by atoms with Crippen LogP contribution in [0.2, 0.25) is 0 Å². The van der Waals surface area contributed by atoms with E-state index in [0.29, 0.717) is 0 Å². The van der Waals surface area contributed by atoms with Gasteiger partial charge in [0.25, 0.3) is 11.3 Å². The standard InChI is InChI=1S/C7H4Cl3NO3/c8-6(12)4-2-1-3-7(9,10)5(4)11(13)14/h1-3,5H. The first kappa shape index (κ1) is 11.5. The highest BCUT2D eigenvalue weighted by Crippen LogP contribution is 2.36. The van der Waals surface area contributed by atoms with Crippen LogP contribution in [0.5, 0.6) is 0 Å². The molecular formula is C7H4Cl3NO3. The van der Waals surface area contributed by atoms with Crippen LogP contribution in [0, 0.1) is 10.1 Å². The van der Waals surface area contributed by atoms with Crippen molar-refractivity contribution in [1.29, 1.82) is 0 Å². The van der Waals surface area contributed by atoms with Crippen LogP contribution in [0.4, 0.5) is 0 Å². The van der Waals surface area contributed by atoms with Gasteiger partial charge in [-0.2, -0.15) is 0 Å².